The molecule has 2 aromatic heterocycles. The van der Waals surface area contributed by atoms with Gasteiger partial charge >= 0.3 is 0 Å². The molecule has 170 valence electrons. The van der Waals surface area contributed by atoms with Gasteiger partial charge in [0.1, 0.15) is 0 Å². The summed E-state index contributed by atoms with van der Waals surface area (Å²) in [5.74, 6) is 1.50. The highest BCUT2D eigenvalue weighted by Crippen LogP contribution is 2.17. The Labute approximate surface area is 192 Å². The minimum Gasteiger partial charge on any atom is -0.337 e. The van der Waals surface area contributed by atoms with Gasteiger partial charge in [0, 0.05) is 31.7 Å². The average Bonchev–Trinajstić information content (AvgIpc) is 3.56. The number of aromatic nitrogens is 8. The summed E-state index contributed by atoms with van der Waals surface area (Å²) in [5, 5.41) is 25.2. The third-order valence-corrected chi connectivity index (χ3v) is 5.93. The van der Waals surface area contributed by atoms with E-state index in [-0.39, 0.29) is 0 Å². The molecule has 0 atom stereocenters. The van der Waals surface area contributed by atoms with E-state index < -0.39 is 0 Å². The standard InChI is InChI=1S/C23H28N10/c1-4-10-20(11-5-1)22-24-28-32(26-22)15-9-3-8-14-30-16-18-31(19-17-30)23-25-27-29-33(23)21-12-6-2-7-13-21/h1-2,4-7,10-13H,3,8-9,14-19H2. The molecule has 0 aliphatic carbocycles. The monoisotopic (exact) mass is 444 g/mol. The molecule has 3 heterocycles. The van der Waals surface area contributed by atoms with Crippen molar-refractivity contribution in [1.82, 2.24) is 45.3 Å². The summed E-state index contributed by atoms with van der Waals surface area (Å²) in [6.07, 6.45) is 3.37. The van der Waals surface area contributed by atoms with Crippen LogP contribution < -0.4 is 4.90 Å². The van der Waals surface area contributed by atoms with Gasteiger partial charge in [-0.3, -0.25) is 4.90 Å². The van der Waals surface area contributed by atoms with Crippen LogP contribution in [0.15, 0.2) is 60.7 Å². The highest BCUT2D eigenvalue weighted by Gasteiger charge is 2.21. The lowest BCUT2D eigenvalue weighted by Gasteiger charge is -2.34. The van der Waals surface area contributed by atoms with Crippen molar-refractivity contribution in [1.29, 1.82) is 0 Å². The summed E-state index contributed by atoms with van der Waals surface area (Å²) in [4.78, 5) is 6.50. The van der Waals surface area contributed by atoms with Gasteiger partial charge in [-0.1, -0.05) is 60.1 Å². The molecule has 10 heteroatoms. The fraction of sp³-hybridized carbons (Fsp3) is 0.391. The van der Waals surface area contributed by atoms with Gasteiger partial charge in [0.25, 0.3) is 0 Å². The molecule has 1 fully saturated rings. The Kier molecular flexibility index (Phi) is 6.62. The summed E-state index contributed by atoms with van der Waals surface area (Å²) in [5.41, 5.74) is 1.98. The third kappa shape index (κ3) is 5.23. The van der Waals surface area contributed by atoms with E-state index in [0.29, 0.717) is 5.82 Å². The minimum atomic E-state index is 0.687. The lowest BCUT2D eigenvalue weighted by molar-refractivity contribution is 0.249. The van der Waals surface area contributed by atoms with Crippen LogP contribution in [-0.2, 0) is 6.54 Å². The molecule has 1 aliphatic heterocycles. The van der Waals surface area contributed by atoms with Crippen LogP contribution in [0.1, 0.15) is 19.3 Å². The molecule has 1 saturated heterocycles. The van der Waals surface area contributed by atoms with Crippen LogP contribution in [0, 0.1) is 0 Å². The predicted molar refractivity (Wildman–Crippen MR) is 125 cm³/mol. The molecule has 10 nitrogen and oxygen atoms in total. The summed E-state index contributed by atoms with van der Waals surface area (Å²) in [7, 11) is 0. The molecule has 33 heavy (non-hydrogen) atoms. The van der Waals surface area contributed by atoms with Crippen LogP contribution in [0.2, 0.25) is 0 Å². The first-order valence-electron chi connectivity index (χ1n) is 11.5. The summed E-state index contributed by atoms with van der Waals surface area (Å²) in [6.45, 7) is 5.81. The maximum absolute atomic E-state index is 4.49. The highest BCUT2D eigenvalue weighted by molar-refractivity contribution is 5.52. The second kappa shape index (κ2) is 10.3. The van der Waals surface area contributed by atoms with Crippen molar-refractivity contribution in [3.63, 3.8) is 0 Å². The Morgan fingerprint density at radius 3 is 2.21 bits per heavy atom. The van der Waals surface area contributed by atoms with Crippen molar-refractivity contribution in [2.75, 3.05) is 37.6 Å². The Morgan fingerprint density at radius 2 is 1.42 bits per heavy atom. The van der Waals surface area contributed by atoms with E-state index in [0.717, 1.165) is 69.3 Å². The number of hydrogen-bond acceptors (Lipinski definition) is 8. The Hall–Kier alpha value is -3.66. The summed E-state index contributed by atoms with van der Waals surface area (Å²) in [6, 6.07) is 20.0. The smallest absolute Gasteiger partial charge is 0.250 e. The number of benzene rings is 2. The van der Waals surface area contributed by atoms with Gasteiger partial charge in [-0.05, 0) is 47.2 Å². The third-order valence-electron chi connectivity index (χ3n) is 5.93. The molecule has 0 N–H and O–H groups in total. The predicted octanol–water partition coefficient (Wildman–Crippen LogP) is 2.31. The van der Waals surface area contributed by atoms with Crippen molar-refractivity contribution >= 4 is 5.95 Å². The van der Waals surface area contributed by atoms with Crippen LogP contribution in [0.3, 0.4) is 0 Å². The van der Waals surface area contributed by atoms with E-state index in [2.05, 4.69) is 40.7 Å². The molecule has 5 rings (SSSR count). The zero-order valence-corrected chi connectivity index (χ0v) is 18.6. The van der Waals surface area contributed by atoms with Gasteiger partial charge in [0.05, 0.1) is 12.2 Å². The Morgan fingerprint density at radius 1 is 0.697 bits per heavy atom. The normalized spacial score (nSPS) is 14.6. The molecule has 0 unspecified atom stereocenters. The lowest BCUT2D eigenvalue weighted by Crippen LogP contribution is -2.47. The van der Waals surface area contributed by atoms with Crippen LogP contribution in [0.25, 0.3) is 17.1 Å². The van der Waals surface area contributed by atoms with Crippen LogP contribution in [-0.4, -0.2) is 78.0 Å². The average molecular weight is 445 g/mol. The van der Waals surface area contributed by atoms with E-state index in [1.54, 1.807) is 4.80 Å². The van der Waals surface area contributed by atoms with Crippen LogP contribution in [0.5, 0.6) is 0 Å². The maximum atomic E-state index is 4.49. The quantitative estimate of drug-likeness (QED) is 0.363. The number of nitrogens with zero attached hydrogens (tertiary/aromatic N) is 10. The Bertz CT molecular complexity index is 1120. The molecule has 2 aromatic carbocycles. The van der Waals surface area contributed by atoms with Gasteiger partial charge in [-0.15, -0.1) is 10.2 Å². The van der Waals surface area contributed by atoms with E-state index >= 15 is 0 Å². The van der Waals surface area contributed by atoms with Gasteiger partial charge < -0.3 is 4.90 Å². The molecule has 4 aromatic rings. The number of rotatable bonds is 9. The lowest BCUT2D eigenvalue weighted by atomic mass is 10.2. The van der Waals surface area contributed by atoms with Crippen LogP contribution in [0.4, 0.5) is 5.95 Å². The molecular formula is C23H28N10. The molecule has 0 radical (unpaired) electrons. The number of hydrogen-bond donors (Lipinski definition) is 0. The summed E-state index contributed by atoms with van der Waals surface area (Å²) < 4.78 is 1.82. The zero-order chi connectivity index (χ0) is 22.3. The van der Waals surface area contributed by atoms with Gasteiger partial charge in [0.2, 0.25) is 11.8 Å². The zero-order valence-electron chi connectivity index (χ0n) is 18.6. The second-order valence-corrected chi connectivity index (χ2v) is 8.19. The van der Waals surface area contributed by atoms with Crippen molar-refractivity contribution < 1.29 is 0 Å². The molecule has 0 saturated carbocycles. The first-order chi connectivity index (χ1) is 16.4. The topological polar surface area (TPSA) is 93.7 Å². The number of tetrazole rings is 2. The second-order valence-electron chi connectivity index (χ2n) is 8.19. The summed E-state index contributed by atoms with van der Waals surface area (Å²) >= 11 is 0. The van der Waals surface area contributed by atoms with E-state index in [9.17, 15) is 0 Å². The largest absolute Gasteiger partial charge is 0.337 e. The Balaban J connectivity index is 1.02. The SMILES string of the molecule is c1ccc(-c2nnn(CCCCCN3CCN(c4nnnn4-c4ccccc4)CC3)n2)cc1. The molecular weight excluding hydrogens is 416 g/mol. The fourth-order valence-electron chi connectivity index (χ4n) is 4.09. The van der Waals surface area contributed by atoms with E-state index in [4.69, 9.17) is 0 Å². The number of anilines is 1. The number of aryl methyl sites for hydroxylation is 1. The minimum absolute atomic E-state index is 0.687. The van der Waals surface area contributed by atoms with Crippen molar-refractivity contribution in [2.24, 2.45) is 0 Å². The van der Waals surface area contributed by atoms with Gasteiger partial charge in [0.15, 0.2) is 0 Å². The first kappa shape index (κ1) is 21.2. The van der Waals surface area contributed by atoms with Crippen molar-refractivity contribution in [2.45, 2.75) is 25.8 Å². The first-order valence-corrected chi connectivity index (χ1v) is 11.5. The van der Waals surface area contributed by atoms with Crippen molar-refractivity contribution in [3.05, 3.63) is 60.7 Å². The highest BCUT2D eigenvalue weighted by atomic mass is 15.6. The van der Waals surface area contributed by atoms with Crippen LogP contribution >= 0.6 is 0 Å². The molecule has 0 bridgehead atoms. The van der Waals surface area contributed by atoms with Gasteiger partial charge in [-0.2, -0.15) is 9.48 Å². The molecule has 1 aliphatic rings. The van der Waals surface area contributed by atoms with Crippen molar-refractivity contribution in [3.8, 4) is 17.1 Å². The fourth-order valence-corrected chi connectivity index (χ4v) is 4.09. The molecule has 0 spiro atoms. The van der Waals surface area contributed by atoms with E-state index in [1.165, 1.54) is 6.42 Å². The molecule has 0 amide bonds. The van der Waals surface area contributed by atoms with E-state index in [1.807, 2.05) is 65.3 Å². The number of piperazine rings is 1. The maximum Gasteiger partial charge on any atom is 0.250 e. The number of unbranched alkanes of at least 4 members (excludes halogenated alkanes) is 2. The van der Waals surface area contributed by atoms with Gasteiger partial charge in [-0.25, -0.2) is 0 Å². The number of para-hydroxylation sites is 1.